The number of hydrogen-bond acceptors (Lipinski definition) is 1. The van der Waals surface area contributed by atoms with Crippen LogP contribution in [0.5, 0.6) is 0 Å². The Balaban J connectivity index is 2.30. The van der Waals surface area contributed by atoms with Crippen molar-refractivity contribution < 1.29 is 4.74 Å². The maximum atomic E-state index is 5.91. The van der Waals surface area contributed by atoms with E-state index in [1.54, 1.807) is 0 Å². The molecule has 2 atom stereocenters. The van der Waals surface area contributed by atoms with Gasteiger partial charge < -0.3 is 4.74 Å². The van der Waals surface area contributed by atoms with E-state index in [0.29, 0.717) is 6.10 Å². The summed E-state index contributed by atoms with van der Waals surface area (Å²) in [7, 11) is 0. The van der Waals surface area contributed by atoms with Crippen LogP contribution < -0.4 is 0 Å². The van der Waals surface area contributed by atoms with Gasteiger partial charge >= 0.3 is 0 Å². The van der Waals surface area contributed by atoms with Gasteiger partial charge in [-0.05, 0) is 43.9 Å². The molecule has 2 unspecified atom stereocenters. The molecule has 0 aromatic carbocycles. The molecular formula is C20H36O. The second-order valence-corrected chi connectivity index (χ2v) is 6.91. The standard InChI is InChI=1S/C20H36O/c1-6-9-18(10-7-2)13-16(4)14-19-11-12-20(15-19)21-17(5)8-3/h18-20H,4-15H2,1-3H3. The molecule has 0 amide bonds. The second kappa shape index (κ2) is 10.1. The summed E-state index contributed by atoms with van der Waals surface area (Å²) in [4.78, 5) is 0. The Labute approximate surface area is 132 Å². The fourth-order valence-corrected chi connectivity index (χ4v) is 3.71. The highest BCUT2D eigenvalue weighted by atomic mass is 16.5. The summed E-state index contributed by atoms with van der Waals surface area (Å²) in [6.45, 7) is 15.0. The van der Waals surface area contributed by atoms with Crippen LogP contribution in [0.15, 0.2) is 24.5 Å². The van der Waals surface area contributed by atoms with Gasteiger partial charge in [-0.1, -0.05) is 65.2 Å². The first kappa shape index (κ1) is 18.3. The van der Waals surface area contributed by atoms with Crippen molar-refractivity contribution in [2.75, 3.05) is 0 Å². The minimum atomic E-state index is 0.414. The molecule has 1 aliphatic rings. The van der Waals surface area contributed by atoms with Crippen molar-refractivity contribution in [3.8, 4) is 0 Å². The molecule has 21 heavy (non-hydrogen) atoms. The molecule has 1 fully saturated rings. The van der Waals surface area contributed by atoms with E-state index in [4.69, 9.17) is 4.74 Å². The lowest BCUT2D eigenvalue weighted by atomic mass is 9.87. The molecule has 122 valence electrons. The molecule has 1 saturated carbocycles. The third-order valence-electron chi connectivity index (χ3n) is 4.77. The molecule has 0 spiro atoms. The average molecular weight is 293 g/mol. The van der Waals surface area contributed by atoms with Crippen molar-refractivity contribution in [2.45, 2.75) is 91.1 Å². The minimum Gasteiger partial charge on any atom is -0.495 e. The monoisotopic (exact) mass is 292 g/mol. The summed E-state index contributed by atoms with van der Waals surface area (Å²) in [6.07, 6.45) is 12.8. The van der Waals surface area contributed by atoms with Gasteiger partial charge in [0.2, 0.25) is 0 Å². The van der Waals surface area contributed by atoms with Crippen molar-refractivity contribution in [1.29, 1.82) is 0 Å². The van der Waals surface area contributed by atoms with Gasteiger partial charge in [0.1, 0.15) is 0 Å². The Bertz CT molecular complexity index is 312. The van der Waals surface area contributed by atoms with Crippen molar-refractivity contribution in [3.63, 3.8) is 0 Å². The average Bonchev–Trinajstić information content (AvgIpc) is 2.86. The van der Waals surface area contributed by atoms with Crippen LogP contribution in [0, 0.1) is 11.8 Å². The highest BCUT2D eigenvalue weighted by Gasteiger charge is 2.26. The molecule has 1 aliphatic carbocycles. The SMILES string of the molecule is C=C(CC(CCC)CCC)CC1CCC(OC(=C)CC)C1. The van der Waals surface area contributed by atoms with Crippen LogP contribution in [0.25, 0.3) is 0 Å². The zero-order valence-corrected chi connectivity index (χ0v) is 14.6. The quantitative estimate of drug-likeness (QED) is 0.306. The highest BCUT2D eigenvalue weighted by molar-refractivity contribution is 4.99. The molecule has 0 aliphatic heterocycles. The lowest BCUT2D eigenvalue weighted by Gasteiger charge is -2.19. The van der Waals surface area contributed by atoms with E-state index < -0.39 is 0 Å². The minimum absolute atomic E-state index is 0.414. The number of rotatable bonds is 11. The lowest BCUT2D eigenvalue weighted by molar-refractivity contribution is 0.114. The zero-order chi connectivity index (χ0) is 15.7. The summed E-state index contributed by atoms with van der Waals surface area (Å²) >= 11 is 0. The van der Waals surface area contributed by atoms with Crippen molar-refractivity contribution >= 4 is 0 Å². The Hall–Kier alpha value is -0.720. The molecule has 0 bridgehead atoms. The van der Waals surface area contributed by atoms with Crippen molar-refractivity contribution in [1.82, 2.24) is 0 Å². The van der Waals surface area contributed by atoms with Crippen LogP contribution in [0.1, 0.15) is 85.0 Å². The molecule has 0 saturated heterocycles. The predicted molar refractivity (Wildman–Crippen MR) is 93.3 cm³/mol. The fourth-order valence-electron chi connectivity index (χ4n) is 3.71. The normalized spacial score (nSPS) is 21.7. The molecule has 1 heteroatoms. The highest BCUT2D eigenvalue weighted by Crippen LogP contribution is 2.35. The second-order valence-electron chi connectivity index (χ2n) is 6.91. The number of allylic oxidation sites excluding steroid dienone is 2. The third kappa shape index (κ3) is 7.20. The van der Waals surface area contributed by atoms with Crippen LogP contribution in [0.3, 0.4) is 0 Å². The van der Waals surface area contributed by atoms with Crippen LogP contribution in [0.2, 0.25) is 0 Å². The zero-order valence-electron chi connectivity index (χ0n) is 14.6. The Kier molecular flexibility index (Phi) is 8.80. The van der Waals surface area contributed by atoms with Gasteiger partial charge in [-0.3, -0.25) is 0 Å². The molecule has 0 aromatic heterocycles. The van der Waals surface area contributed by atoms with Crippen molar-refractivity contribution in [2.24, 2.45) is 11.8 Å². The van der Waals surface area contributed by atoms with E-state index in [-0.39, 0.29) is 0 Å². The first-order valence-electron chi connectivity index (χ1n) is 9.09. The summed E-state index contributed by atoms with van der Waals surface area (Å²) in [5, 5.41) is 0. The molecule has 0 aromatic rings. The predicted octanol–water partition coefficient (Wildman–Crippen LogP) is 6.65. The van der Waals surface area contributed by atoms with Gasteiger partial charge in [-0.2, -0.15) is 0 Å². The molecule has 0 radical (unpaired) electrons. The Morgan fingerprint density at radius 1 is 1.10 bits per heavy atom. The number of hydrogen-bond donors (Lipinski definition) is 0. The first-order chi connectivity index (χ1) is 10.1. The van der Waals surface area contributed by atoms with Gasteiger partial charge in [-0.25, -0.2) is 0 Å². The molecule has 1 nitrogen and oxygen atoms in total. The third-order valence-corrected chi connectivity index (χ3v) is 4.77. The van der Waals surface area contributed by atoms with E-state index in [9.17, 15) is 0 Å². The maximum absolute atomic E-state index is 5.91. The van der Waals surface area contributed by atoms with Crippen LogP contribution in [0.4, 0.5) is 0 Å². The lowest BCUT2D eigenvalue weighted by Crippen LogP contribution is -2.08. The topological polar surface area (TPSA) is 9.23 Å². The van der Waals surface area contributed by atoms with Crippen LogP contribution in [-0.2, 0) is 4.74 Å². The molecular weight excluding hydrogens is 256 g/mol. The van der Waals surface area contributed by atoms with Gasteiger partial charge in [0.15, 0.2) is 0 Å². The summed E-state index contributed by atoms with van der Waals surface area (Å²) < 4.78 is 5.91. The fraction of sp³-hybridized carbons (Fsp3) is 0.800. The van der Waals surface area contributed by atoms with Crippen LogP contribution in [-0.4, -0.2) is 6.10 Å². The largest absolute Gasteiger partial charge is 0.495 e. The van der Waals surface area contributed by atoms with Crippen LogP contribution >= 0.6 is 0 Å². The van der Waals surface area contributed by atoms with E-state index in [1.165, 1.54) is 63.4 Å². The van der Waals surface area contributed by atoms with Gasteiger partial charge in [-0.15, -0.1) is 0 Å². The Morgan fingerprint density at radius 2 is 1.76 bits per heavy atom. The van der Waals surface area contributed by atoms with Gasteiger partial charge in [0, 0.05) is 6.42 Å². The molecule has 0 heterocycles. The van der Waals surface area contributed by atoms with E-state index in [0.717, 1.165) is 24.0 Å². The van der Waals surface area contributed by atoms with Gasteiger partial charge in [0.25, 0.3) is 0 Å². The number of ether oxygens (including phenoxy) is 1. The molecule has 1 rings (SSSR count). The van der Waals surface area contributed by atoms with E-state index in [1.807, 2.05) is 0 Å². The van der Waals surface area contributed by atoms with E-state index >= 15 is 0 Å². The van der Waals surface area contributed by atoms with E-state index in [2.05, 4.69) is 33.9 Å². The summed E-state index contributed by atoms with van der Waals surface area (Å²) in [5.41, 5.74) is 1.47. The summed E-state index contributed by atoms with van der Waals surface area (Å²) in [6, 6.07) is 0. The molecule has 0 N–H and O–H groups in total. The smallest absolute Gasteiger partial charge is 0.0985 e. The maximum Gasteiger partial charge on any atom is 0.0985 e. The first-order valence-corrected chi connectivity index (χ1v) is 9.09. The van der Waals surface area contributed by atoms with Crippen molar-refractivity contribution in [3.05, 3.63) is 24.5 Å². The summed E-state index contributed by atoms with van der Waals surface area (Å²) in [5.74, 6) is 2.60. The Morgan fingerprint density at radius 3 is 2.33 bits per heavy atom. The van der Waals surface area contributed by atoms with Gasteiger partial charge in [0.05, 0.1) is 11.9 Å².